The lowest BCUT2D eigenvalue weighted by molar-refractivity contribution is -0.113. The van der Waals surface area contributed by atoms with Crippen LogP contribution in [0.1, 0.15) is 36.0 Å². The summed E-state index contributed by atoms with van der Waals surface area (Å²) in [5, 5.41) is 0. The monoisotopic (exact) mass is 352 g/mol. The first-order valence-electron chi connectivity index (χ1n) is 9.55. The van der Waals surface area contributed by atoms with Crippen LogP contribution in [0.25, 0.3) is 5.57 Å². The number of hydrogen-bond acceptors (Lipinski definition) is 1. The topological polar surface area (TPSA) is 17.1 Å². The average molecular weight is 352 g/mol. The Kier molecular flexibility index (Phi) is 4.77. The van der Waals surface area contributed by atoms with Crippen LogP contribution in [0, 0.1) is 5.92 Å². The minimum atomic E-state index is -0.340. The van der Waals surface area contributed by atoms with Gasteiger partial charge in [-0.25, -0.2) is 0 Å². The molecule has 3 aromatic rings. The second-order valence-corrected chi connectivity index (χ2v) is 7.57. The number of carbonyl (C=O) groups excluding carboxylic acids is 1. The number of aldehydes is 1. The van der Waals surface area contributed by atoms with E-state index in [1.54, 1.807) is 0 Å². The summed E-state index contributed by atoms with van der Waals surface area (Å²) in [7, 11) is 0. The van der Waals surface area contributed by atoms with E-state index in [1.165, 1.54) is 28.5 Å². The Labute approximate surface area is 161 Å². The minimum absolute atomic E-state index is 0.102. The number of benzene rings is 3. The second-order valence-electron chi connectivity index (χ2n) is 7.57. The van der Waals surface area contributed by atoms with Crippen LogP contribution in [0.3, 0.4) is 0 Å². The molecule has 134 valence electrons. The van der Waals surface area contributed by atoms with E-state index in [-0.39, 0.29) is 17.3 Å². The van der Waals surface area contributed by atoms with E-state index >= 15 is 0 Å². The summed E-state index contributed by atoms with van der Waals surface area (Å²) in [6, 6.07) is 31.5. The van der Waals surface area contributed by atoms with Gasteiger partial charge in [-0.2, -0.15) is 0 Å². The molecule has 1 heteroatoms. The zero-order chi connectivity index (χ0) is 18.7. The molecule has 0 radical (unpaired) electrons. The van der Waals surface area contributed by atoms with Gasteiger partial charge in [-0.05, 0) is 34.6 Å². The molecular weight excluding hydrogens is 328 g/mol. The first-order valence-corrected chi connectivity index (χ1v) is 9.55. The minimum Gasteiger partial charge on any atom is -0.303 e. The first-order chi connectivity index (χ1) is 13.2. The Bertz CT molecular complexity index is 928. The van der Waals surface area contributed by atoms with Crippen LogP contribution in [-0.4, -0.2) is 6.29 Å². The van der Waals surface area contributed by atoms with E-state index in [0.29, 0.717) is 0 Å². The highest BCUT2D eigenvalue weighted by Crippen LogP contribution is 2.50. The van der Waals surface area contributed by atoms with E-state index in [2.05, 4.69) is 85.8 Å². The molecule has 1 unspecified atom stereocenters. The summed E-state index contributed by atoms with van der Waals surface area (Å²) < 4.78 is 0. The number of rotatable bonds is 4. The number of hydrogen-bond donors (Lipinski definition) is 0. The lowest BCUT2D eigenvalue weighted by atomic mass is 9.60. The molecule has 0 aromatic heterocycles. The molecule has 3 atom stereocenters. The third-order valence-electron chi connectivity index (χ3n) is 5.95. The molecule has 1 nitrogen and oxygen atoms in total. The van der Waals surface area contributed by atoms with Crippen molar-refractivity contribution >= 4 is 11.9 Å². The van der Waals surface area contributed by atoms with E-state index in [0.717, 1.165) is 6.42 Å². The molecule has 4 rings (SSSR count). The summed E-state index contributed by atoms with van der Waals surface area (Å²) in [5.74, 6) is 0.0591. The van der Waals surface area contributed by atoms with Gasteiger partial charge in [0.1, 0.15) is 6.29 Å². The molecule has 3 aromatic carbocycles. The third-order valence-corrected chi connectivity index (χ3v) is 5.95. The molecule has 1 aliphatic rings. The van der Waals surface area contributed by atoms with E-state index < -0.39 is 0 Å². The van der Waals surface area contributed by atoms with Crippen molar-refractivity contribution in [2.45, 2.75) is 24.7 Å². The van der Waals surface area contributed by atoms with Gasteiger partial charge in [0.05, 0.1) is 0 Å². The van der Waals surface area contributed by atoms with Crippen molar-refractivity contribution in [3.63, 3.8) is 0 Å². The quantitative estimate of drug-likeness (QED) is 0.524. The Balaban J connectivity index is 1.90. The smallest absolute Gasteiger partial charge is 0.124 e. The molecule has 0 N–H and O–H groups in total. The van der Waals surface area contributed by atoms with Crippen LogP contribution in [0.15, 0.2) is 97.1 Å². The summed E-state index contributed by atoms with van der Waals surface area (Å²) in [6.45, 7) is 2.21. The van der Waals surface area contributed by atoms with Gasteiger partial charge in [0, 0.05) is 11.3 Å². The van der Waals surface area contributed by atoms with Crippen molar-refractivity contribution in [1.82, 2.24) is 0 Å². The maximum Gasteiger partial charge on any atom is 0.124 e. The lowest BCUT2D eigenvalue weighted by Gasteiger charge is -2.43. The highest BCUT2D eigenvalue weighted by atomic mass is 16.1. The predicted molar refractivity (Wildman–Crippen MR) is 112 cm³/mol. The normalized spacial score (nSPS) is 24.9. The fraction of sp³-hybridized carbons (Fsp3) is 0.192. The molecule has 0 fully saturated rings. The molecule has 0 spiro atoms. The highest BCUT2D eigenvalue weighted by molar-refractivity contribution is 5.74. The van der Waals surface area contributed by atoms with Crippen molar-refractivity contribution in [2.75, 3.05) is 0 Å². The van der Waals surface area contributed by atoms with Crippen LogP contribution >= 0.6 is 0 Å². The van der Waals surface area contributed by atoms with Gasteiger partial charge in [-0.3, -0.25) is 0 Å². The summed E-state index contributed by atoms with van der Waals surface area (Å²) in [5.41, 5.74) is 4.64. The van der Waals surface area contributed by atoms with Gasteiger partial charge in [-0.1, -0.05) is 104 Å². The molecule has 0 aliphatic heterocycles. The summed E-state index contributed by atoms with van der Waals surface area (Å²) >= 11 is 0. The van der Waals surface area contributed by atoms with Gasteiger partial charge < -0.3 is 4.79 Å². The van der Waals surface area contributed by atoms with Crippen molar-refractivity contribution in [2.24, 2.45) is 5.92 Å². The fourth-order valence-corrected chi connectivity index (χ4v) is 4.49. The van der Waals surface area contributed by atoms with Gasteiger partial charge in [-0.15, -0.1) is 0 Å². The molecule has 0 heterocycles. The average Bonchev–Trinajstić information content (AvgIpc) is 2.75. The van der Waals surface area contributed by atoms with Crippen molar-refractivity contribution in [3.8, 4) is 0 Å². The maximum atomic E-state index is 12.3. The van der Waals surface area contributed by atoms with E-state index in [1.807, 2.05) is 18.2 Å². The van der Waals surface area contributed by atoms with Crippen molar-refractivity contribution in [3.05, 3.63) is 114 Å². The summed E-state index contributed by atoms with van der Waals surface area (Å²) in [4.78, 5) is 12.3. The standard InChI is InChI=1S/C26H24O/c1-26(23-15-9-4-10-16-23)18-22(20-11-5-2-6-12-20)17-24(25(26)19-27)21-13-7-3-8-14-21/h2-16,18-19,24-25H,17H2,1H3/t24?,25-,26-/m1/s1. The van der Waals surface area contributed by atoms with Crippen LogP contribution in [-0.2, 0) is 10.2 Å². The number of carbonyl (C=O) groups is 1. The number of allylic oxidation sites excluding steroid dienone is 2. The van der Waals surface area contributed by atoms with Gasteiger partial charge >= 0.3 is 0 Å². The molecule has 0 saturated heterocycles. The lowest BCUT2D eigenvalue weighted by Crippen LogP contribution is -2.39. The molecule has 27 heavy (non-hydrogen) atoms. The van der Waals surface area contributed by atoms with Crippen molar-refractivity contribution < 1.29 is 4.79 Å². The molecule has 1 aliphatic carbocycles. The van der Waals surface area contributed by atoms with Gasteiger partial charge in [0.25, 0.3) is 0 Å². The SMILES string of the molecule is C[C@]1(c2ccccc2)C=C(c2ccccc2)CC(c2ccccc2)[C@H]1C=O. The van der Waals surface area contributed by atoms with Crippen molar-refractivity contribution in [1.29, 1.82) is 0 Å². The Morgan fingerprint density at radius 1 is 0.815 bits per heavy atom. The van der Waals surface area contributed by atoms with Crippen LogP contribution in [0.4, 0.5) is 0 Å². The Morgan fingerprint density at radius 2 is 1.37 bits per heavy atom. The maximum absolute atomic E-state index is 12.3. The van der Waals surface area contributed by atoms with Crippen LogP contribution in [0.5, 0.6) is 0 Å². The molecule has 0 bridgehead atoms. The third kappa shape index (κ3) is 3.26. The van der Waals surface area contributed by atoms with Gasteiger partial charge in [0.2, 0.25) is 0 Å². The van der Waals surface area contributed by atoms with E-state index in [9.17, 15) is 4.79 Å². The highest BCUT2D eigenvalue weighted by Gasteiger charge is 2.43. The van der Waals surface area contributed by atoms with Crippen LogP contribution in [0.2, 0.25) is 0 Å². The largest absolute Gasteiger partial charge is 0.303 e. The molecule has 0 amide bonds. The molecular formula is C26H24O. The Hall–Kier alpha value is -2.93. The van der Waals surface area contributed by atoms with E-state index in [4.69, 9.17) is 0 Å². The van der Waals surface area contributed by atoms with Crippen LogP contribution < -0.4 is 0 Å². The second kappa shape index (κ2) is 7.36. The zero-order valence-corrected chi connectivity index (χ0v) is 15.6. The fourth-order valence-electron chi connectivity index (χ4n) is 4.49. The zero-order valence-electron chi connectivity index (χ0n) is 15.6. The Morgan fingerprint density at radius 3 is 1.96 bits per heavy atom. The first kappa shape index (κ1) is 17.5. The van der Waals surface area contributed by atoms with Gasteiger partial charge in [0.15, 0.2) is 0 Å². The summed E-state index contributed by atoms with van der Waals surface area (Å²) in [6.07, 6.45) is 4.37. The predicted octanol–water partition coefficient (Wildman–Crippen LogP) is 6.03. The molecule has 0 saturated carbocycles.